The molecule has 0 saturated heterocycles. The highest BCUT2D eigenvalue weighted by molar-refractivity contribution is 9.11. The average molecular weight is 378 g/mol. The molecule has 1 N–H and O–H groups in total. The van der Waals surface area contributed by atoms with E-state index in [1.807, 2.05) is 0 Å². The summed E-state index contributed by atoms with van der Waals surface area (Å²) in [5.74, 6) is 0.717. The van der Waals surface area contributed by atoms with Crippen molar-refractivity contribution in [1.82, 2.24) is 10.2 Å². The first-order chi connectivity index (χ1) is 8.49. The van der Waals surface area contributed by atoms with Crippen molar-refractivity contribution in [3.05, 3.63) is 32.7 Å². The van der Waals surface area contributed by atoms with E-state index < -0.39 is 0 Å². The highest BCUT2D eigenvalue weighted by atomic mass is 79.9. The molecule has 0 aliphatic carbocycles. The number of rotatable bonds is 7. The molecule has 0 atom stereocenters. The molecule has 0 spiro atoms. The lowest BCUT2D eigenvalue weighted by Crippen LogP contribution is -2.30. The van der Waals surface area contributed by atoms with Crippen molar-refractivity contribution in [2.75, 3.05) is 26.7 Å². The van der Waals surface area contributed by atoms with Crippen molar-refractivity contribution in [3.8, 4) is 0 Å². The first kappa shape index (κ1) is 16.2. The molecule has 0 heterocycles. The molecule has 1 aromatic rings. The minimum absolute atomic E-state index is 0.717. The molecule has 1 aromatic carbocycles. The minimum Gasteiger partial charge on any atom is -0.315 e. The van der Waals surface area contributed by atoms with Crippen molar-refractivity contribution in [2.24, 2.45) is 5.92 Å². The summed E-state index contributed by atoms with van der Waals surface area (Å²) in [4.78, 5) is 2.33. The van der Waals surface area contributed by atoms with Crippen LogP contribution in [-0.4, -0.2) is 31.6 Å². The lowest BCUT2D eigenvalue weighted by atomic mass is 10.2. The molecule has 1 rings (SSSR count). The minimum atomic E-state index is 0.717. The predicted octanol–water partition coefficient (Wildman–Crippen LogP) is 3.89. The molecule has 2 nitrogen and oxygen atoms in total. The van der Waals surface area contributed by atoms with E-state index in [1.54, 1.807) is 0 Å². The van der Waals surface area contributed by atoms with Crippen LogP contribution in [0.15, 0.2) is 27.1 Å². The SMILES string of the molecule is CC(C)CNCCN(C)Cc1cc(Br)ccc1Br. The van der Waals surface area contributed by atoms with Crippen molar-refractivity contribution in [3.63, 3.8) is 0 Å². The lowest BCUT2D eigenvalue weighted by Gasteiger charge is -2.18. The Kier molecular flexibility index (Phi) is 7.46. The van der Waals surface area contributed by atoms with Gasteiger partial charge < -0.3 is 10.2 Å². The van der Waals surface area contributed by atoms with Gasteiger partial charge in [-0.3, -0.25) is 0 Å². The first-order valence-corrected chi connectivity index (χ1v) is 7.91. The zero-order valence-electron chi connectivity index (χ0n) is 11.3. The van der Waals surface area contributed by atoms with E-state index in [-0.39, 0.29) is 0 Å². The van der Waals surface area contributed by atoms with Gasteiger partial charge in [-0.25, -0.2) is 0 Å². The Labute approximate surface area is 127 Å². The topological polar surface area (TPSA) is 15.3 Å². The van der Waals surface area contributed by atoms with Crippen LogP contribution >= 0.6 is 31.9 Å². The molecule has 0 unspecified atom stereocenters. The molecule has 0 aromatic heterocycles. The van der Waals surface area contributed by atoms with E-state index >= 15 is 0 Å². The van der Waals surface area contributed by atoms with Crippen LogP contribution < -0.4 is 5.32 Å². The Morgan fingerprint density at radius 2 is 2.00 bits per heavy atom. The zero-order chi connectivity index (χ0) is 13.5. The molecular weight excluding hydrogens is 356 g/mol. The van der Waals surface area contributed by atoms with Crippen LogP contribution in [0.5, 0.6) is 0 Å². The van der Waals surface area contributed by atoms with E-state index in [1.165, 1.54) is 10.0 Å². The number of hydrogen-bond acceptors (Lipinski definition) is 2. The van der Waals surface area contributed by atoms with Crippen LogP contribution in [0.3, 0.4) is 0 Å². The molecule has 0 aliphatic heterocycles. The third-order valence-corrected chi connectivity index (χ3v) is 3.94. The monoisotopic (exact) mass is 376 g/mol. The lowest BCUT2D eigenvalue weighted by molar-refractivity contribution is 0.321. The molecule has 0 amide bonds. The van der Waals surface area contributed by atoms with Gasteiger partial charge in [-0.2, -0.15) is 0 Å². The third kappa shape index (κ3) is 6.32. The third-order valence-electron chi connectivity index (χ3n) is 2.67. The summed E-state index contributed by atoms with van der Waals surface area (Å²) in [6.07, 6.45) is 0. The van der Waals surface area contributed by atoms with Crippen molar-refractivity contribution < 1.29 is 0 Å². The van der Waals surface area contributed by atoms with Crippen LogP contribution in [0.25, 0.3) is 0 Å². The summed E-state index contributed by atoms with van der Waals surface area (Å²) in [6.45, 7) is 8.62. The molecule has 102 valence electrons. The largest absolute Gasteiger partial charge is 0.315 e. The standard InChI is InChI=1S/C14H22Br2N2/c1-11(2)9-17-6-7-18(3)10-12-8-13(15)4-5-14(12)16/h4-5,8,11,17H,6-7,9-10H2,1-3H3. The maximum atomic E-state index is 3.60. The van der Waals surface area contributed by atoms with Gasteiger partial charge in [-0.15, -0.1) is 0 Å². The first-order valence-electron chi connectivity index (χ1n) is 6.32. The maximum Gasteiger partial charge on any atom is 0.0242 e. The van der Waals surface area contributed by atoms with Crippen molar-refractivity contribution in [1.29, 1.82) is 0 Å². The summed E-state index contributed by atoms with van der Waals surface area (Å²) in [5, 5.41) is 3.46. The van der Waals surface area contributed by atoms with Crippen LogP contribution in [0.2, 0.25) is 0 Å². The molecule has 18 heavy (non-hydrogen) atoms. The zero-order valence-corrected chi connectivity index (χ0v) is 14.5. The predicted molar refractivity (Wildman–Crippen MR) is 85.9 cm³/mol. The number of nitrogens with one attached hydrogen (secondary N) is 1. The number of hydrogen-bond donors (Lipinski definition) is 1. The van der Waals surface area contributed by atoms with Gasteiger partial charge in [-0.1, -0.05) is 45.7 Å². The van der Waals surface area contributed by atoms with Crippen LogP contribution in [0.4, 0.5) is 0 Å². The van der Waals surface area contributed by atoms with Gasteiger partial charge in [0.25, 0.3) is 0 Å². The summed E-state index contributed by atoms with van der Waals surface area (Å²) in [5.41, 5.74) is 1.32. The second-order valence-corrected chi connectivity index (χ2v) is 6.84. The van der Waals surface area contributed by atoms with Gasteiger partial charge in [0.1, 0.15) is 0 Å². The van der Waals surface area contributed by atoms with E-state index in [9.17, 15) is 0 Å². The van der Waals surface area contributed by atoms with E-state index in [0.29, 0.717) is 0 Å². The summed E-state index contributed by atoms with van der Waals surface area (Å²) in [6, 6.07) is 6.31. The van der Waals surface area contributed by atoms with Gasteiger partial charge in [0.15, 0.2) is 0 Å². The Balaban J connectivity index is 2.35. The number of likely N-dealkylation sites (N-methyl/N-ethyl adjacent to an activating group) is 1. The van der Waals surface area contributed by atoms with Crippen LogP contribution in [0, 0.1) is 5.92 Å². The number of halogens is 2. The smallest absolute Gasteiger partial charge is 0.0242 e. The van der Waals surface area contributed by atoms with Gasteiger partial charge in [0.2, 0.25) is 0 Å². The number of benzene rings is 1. The fraction of sp³-hybridized carbons (Fsp3) is 0.571. The van der Waals surface area contributed by atoms with Gasteiger partial charge in [0.05, 0.1) is 0 Å². The van der Waals surface area contributed by atoms with Crippen LogP contribution in [-0.2, 0) is 6.54 Å². The molecule has 0 aliphatic rings. The fourth-order valence-electron chi connectivity index (χ4n) is 1.69. The molecule has 0 fully saturated rings. The molecular formula is C14H22Br2N2. The highest BCUT2D eigenvalue weighted by Gasteiger charge is 2.05. The molecule has 4 heteroatoms. The quantitative estimate of drug-likeness (QED) is 0.725. The number of nitrogens with zero attached hydrogens (tertiary/aromatic N) is 1. The van der Waals surface area contributed by atoms with Gasteiger partial charge in [-0.05, 0) is 43.3 Å². The Bertz CT molecular complexity index is 367. The fourth-order valence-corrected chi connectivity index (χ4v) is 2.48. The maximum absolute atomic E-state index is 3.60. The summed E-state index contributed by atoms with van der Waals surface area (Å²) < 4.78 is 2.31. The molecule has 0 saturated carbocycles. The van der Waals surface area contributed by atoms with E-state index in [2.05, 4.69) is 81.2 Å². The molecule has 0 bridgehead atoms. The van der Waals surface area contributed by atoms with E-state index in [4.69, 9.17) is 0 Å². The van der Waals surface area contributed by atoms with Gasteiger partial charge >= 0.3 is 0 Å². The highest BCUT2D eigenvalue weighted by Crippen LogP contribution is 2.22. The summed E-state index contributed by atoms with van der Waals surface area (Å²) >= 11 is 7.11. The second kappa shape index (κ2) is 8.31. The normalized spacial score (nSPS) is 11.5. The molecule has 0 radical (unpaired) electrons. The van der Waals surface area contributed by atoms with Crippen molar-refractivity contribution >= 4 is 31.9 Å². The Hall–Kier alpha value is 0.1000. The second-order valence-electron chi connectivity index (χ2n) is 5.07. The summed E-state index contributed by atoms with van der Waals surface area (Å²) in [7, 11) is 2.16. The average Bonchev–Trinajstić information content (AvgIpc) is 2.29. The Morgan fingerprint density at radius 3 is 2.67 bits per heavy atom. The van der Waals surface area contributed by atoms with E-state index in [0.717, 1.165) is 36.6 Å². The van der Waals surface area contributed by atoms with Crippen molar-refractivity contribution in [2.45, 2.75) is 20.4 Å². The van der Waals surface area contributed by atoms with Crippen LogP contribution in [0.1, 0.15) is 19.4 Å². The Morgan fingerprint density at radius 1 is 1.28 bits per heavy atom. The van der Waals surface area contributed by atoms with Gasteiger partial charge in [0, 0.05) is 28.6 Å².